The zero-order chi connectivity index (χ0) is 26.0. The maximum atomic E-state index is 14.0. The molecule has 0 saturated heterocycles. The molecule has 1 unspecified atom stereocenters. The number of halogens is 3. The van der Waals surface area contributed by atoms with Crippen LogP contribution in [0.4, 0.5) is 13.2 Å². The Morgan fingerprint density at radius 3 is 2.47 bits per heavy atom. The van der Waals surface area contributed by atoms with E-state index in [1.165, 1.54) is 22.6 Å². The second kappa shape index (κ2) is 10.00. The molecule has 4 aromatic rings. The number of pyridine rings is 1. The number of benzene rings is 2. The Bertz CT molecular complexity index is 1420. The molecule has 188 valence electrons. The van der Waals surface area contributed by atoms with Crippen molar-refractivity contribution in [3.63, 3.8) is 0 Å². The van der Waals surface area contributed by atoms with E-state index < -0.39 is 42.1 Å². The van der Waals surface area contributed by atoms with E-state index in [-0.39, 0.29) is 34.8 Å². The van der Waals surface area contributed by atoms with Gasteiger partial charge in [-0.3, -0.25) is 9.20 Å². The summed E-state index contributed by atoms with van der Waals surface area (Å²) in [7, 11) is 0. The summed E-state index contributed by atoms with van der Waals surface area (Å²) in [5, 5.41) is 22.2. The van der Waals surface area contributed by atoms with Gasteiger partial charge in [-0.1, -0.05) is 12.1 Å². The Morgan fingerprint density at radius 1 is 1.08 bits per heavy atom. The molecule has 0 aliphatic heterocycles. The molecule has 3 N–H and O–H groups in total. The summed E-state index contributed by atoms with van der Waals surface area (Å²) in [5.41, 5.74) is -0.366. The van der Waals surface area contributed by atoms with Crippen molar-refractivity contribution in [1.82, 2.24) is 14.7 Å². The van der Waals surface area contributed by atoms with Crippen molar-refractivity contribution in [3.8, 4) is 5.75 Å². The smallest absolute Gasteiger partial charge is 0.270 e. The monoisotopic (exact) mass is 499 g/mol. The Kier molecular flexibility index (Phi) is 7.00. The van der Waals surface area contributed by atoms with Gasteiger partial charge in [0.1, 0.15) is 29.8 Å². The third-order valence-electron chi connectivity index (χ3n) is 6.00. The van der Waals surface area contributed by atoms with Crippen LogP contribution in [0.1, 0.15) is 39.8 Å². The summed E-state index contributed by atoms with van der Waals surface area (Å²) >= 11 is 0. The van der Waals surface area contributed by atoms with Gasteiger partial charge in [0.15, 0.2) is 11.4 Å². The van der Waals surface area contributed by atoms with E-state index in [2.05, 4.69) is 10.3 Å². The predicted molar refractivity (Wildman–Crippen MR) is 125 cm³/mol. The lowest BCUT2D eigenvalue weighted by Crippen LogP contribution is -2.47. The quantitative estimate of drug-likeness (QED) is 0.343. The van der Waals surface area contributed by atoms with Crippen molar-refractivity contribution in [2.45, 2.75) is 32.6 Å². The maximum absolute atomic E-state index is 14.0. The van der Waals surface area contributed by atoms with Gasteiger partial charge in [0, 0.05) is 11.8 Å². The van der Waals surface area contributed by atoms with Crippen LogP contribution in [-0.4, -0.2) is 32.1 Å². The van der Waals surface area contributed by atoms with Gasteiger partial charge in [0.05, 0.1) is 30.0 Å². The zero-order valence-electron chi connectivity index (χ0n) is 19.6. The minimum absolute atomic E-state index is 0.0282. The number of hydrogen-bond acceptors (Lipinski definition) is 5. The van der Waals surface area contributed by atoms with Gasteiger partial charge in [-0.25, -0.2) is 18.2 Å². The number of aliphatic hydroxyl groups is 2. The number of aromatic nitrogens is 2. The number of rotatable bonds is 8. The van der Waals surface area contributed by atoms with Crippen LogP contribution in [0.15, 0.2) is 54.7 Å². The fraction of sp³-hybridized carbons (Fsp3) is 0.231. The van der Waals surface area contributed by atoms with Crippen LogP contribution >= 0.6 is 0 Å². The number of carbonyl (C=O) groups excluding carboxylic acids is 1. The lowest BCUT2D eigenvalue weighted by Gasteiger charge is -2.30. The van der Waals surface area contributed by atoms with Gasteiger partial charge >= 0.3 is 0 Å². The maximum Gasteiger partial charge on any atom is 0.270 e. The third-order valence-corrected chi connectivity index (χ3v) is 6.00. The number of imidazole rings is 1. The molecule has 0 saturated carbocycles. The molecule has 0 radical (unpaired) electrons. The van der Waals surface area contributed by atoms with E-state index in [4.69, 9.17) is 4.74 Å². The molecule has 0 spiro atoms. The number of nitrogens with zero attached hydrogens (tertiary/aromatic N) is 2. The molecule has 0 aliphatic rings. The molecule has 0 bridgehead atoms. The minimum atomic E-state index is -1.30. The molecule has 2 aromatic heterocycles. The van der Waals surface area contributed by atoms with Gasteiger partial charge < -0.3 is 20.3 Å². The molecule has 2 aromatic carbocycles. The third kappa shape index (κ3) is 4.65. The summed E-state index contributed by atoms with van der Waals surface area (Å²) in [6.07, 6.45) is 1.58. The van der Waals surface area contributed by atoms with Gasteiger partial charge in [-0.15, -0.1) is 0 Å². The first-order valence-corrected chi connectivity index (χ1v) is 11.0. The molecular weight excluding hydrogens is 475 g/mol. The van der Waals surface area contributed by atoms with Crippen LogP contribution in [0, 0.1) is 24.4 Å². The number of ether oxygens (including phenoxy) is 1. The summed E-state index contributed by atoms with van der Waals surface area (Å²) < 4.78 is 49.0. The second-order valence-corrected chi connectivity index (χ2v) is 8.51. The zero-order valence-corrected chi connectivity index (χ0v) is 19.6. The fourth-order valence-electron chi connectivity index (χ4n) is 3.91. The predicted octanol–water partition coefficient (Wildman–Crippen LogP) is 3.77. The normalized spacial score (nSPS) is 13.0. The molecule has 1 amide bonds. The Balaban J connectivity index is 1.65. The molecule has 1 atom stereocenters. The van der Waals surface area contributed by atoms with Crippen LogP contribution in [0.5, 0.6) is 5.75 Å². The summed E-state index contributed by atoms with van der Waals surface area (Å²) in [6.45, 7) is 1.75. The number of nitrogens with one attached hydrogen (secondary N) is 1. The summed E-state index contributed by atoms with van der Waals surface area (Å²) in [4.78, 5) is 17.7. The number of aryl methyl sites for hydroxylation is 1. The van der Waals surface area contributed by atoms with Crippen LogP contribution in [0.3, 0.4) is 0 Å². The first kappa shape index (κ1) is 25.2. The Labute approximate surface area is 204 Å². The summed E-state index contributed by atoms with van der Waals surface area (Å²) in [5.74, 6) is -2.46. The van der Waals surface area contributed by atoms with E-state index in [9.17, 15) is 28.2 Å². The lowest BCUT2D eigenvalue weighted by atomic mass is 9.91. The van der Waals surface area contributed by atoms with Crippen LogP contribution in [-0.2, 0) is 18.8 Å². The number of fused-ring (bicyclic) bond motifs is 1. The van der Waals surface area contributed by atoms with Crippen molar-refractivity contribution in [2.24, 2.45) is 0 Å². The number of carbonyl (C=O) groups is 1. The number of aliphatic hydroxyl groups excluding tert-OH is 2. The number of hydrogen-bond donors (Lipinski definition) is 3. The highest BCUT2D eigenvalue weighted by atomic mass is 19.1. The molecule has 36 heavy (non-hydrogen) atoms. The summed E-state index contributed by atoms with van der Waals surface area (Å²) in [6, 6.07) is 10.6. The first-order chi connectivity index (χ1) is 17.2. The average molecular weight is 499 g/mol. The van der Waals surface area contributed by atoms with E-state index in [1.54, 1.807) is 32.2 Å². The Hall–Kier alpha value is -3.89. The molecule has 4 rings (SSSR count). The minimum Gasteiger partial charge on any atom is -0.485 e. The number of amides is 1. The molecule has 7 nitrogen and oxygen atoms in total. The molecule has 10 heteroatoms. The molecular formula is C26H24F3N3O4. The van der Waals surface area contributed by atoms with E-state index >= 15 is 0 Å². The van der Waals surface area contributed by atoms with Crippen molar-refractivity contribution >= 4 is 11.6 Å². The van der Waals surface area contributed by atoms with E-state index in [1.807, 2.05) is 0 Å². The van der Waals surface area contributed by atoms with Crippen LogP contribution in [0.2, 0.25) is 0 Å². The van der Waals surface area contributed by atoms with Gasteiger partial charge in [0.25, 0.3) is 5.91 Å². The van der Waals surface area contributed by atoms with Gasteiger partial charge in [0.2, 0.25) is 0 Å². The standard InChI is InChI=1S/C26H24F3N3O4/c1-15-23(25(35)31-26(2,14-34)17-8-9-19(27)16(11-17)12-33)32-10-4-7-22(24(32)30-15)36-13-18-20(28)5-3-6-21(18)29/h3-11,33-34H,12-14H2,1-2H3,(H,31,35). The Morgan fingerprint density at radius 2 is 1.81 bits per heavy atom. The van der Waals surface area contributed by atoms with Crippen molar-refractivity contribution in [2.75, 3.05) is 6.61 Å². The van der Waals surface area contributed by atoms with Gasteiger partial charge in [-0.2, -0.15) is 0 Å². The van der Waals surface area contributed by atoms with Crippen LogP contribution < -0.4 is 10.1 Å². The second-order valence-electron chi connectivity index (χ2n) is 8.51. The van der Waals surface area contributed by atoms with Gasteiger partial charge in [-0.05, 0) is 55.8 Å². The van der Waals surface area contributed by atoms with Crippen LogP contribution in [0.25, 0.3) is 5.65 Å². The fourth-order valence-corrected chi connectivity index (χ4v) is 3.91. The molecule has 0 aliphatic carbocycles. The van der Waals surface area contributed by atoms with Crippen molar-refractivity contribution in [3.05, 3.63) is 100 Å². The highest BCUT2D eigenvalue weighted by molar-refractivity contribution is 5.95. The molecule has 0 fully saturated rings. The van der Waals surface area contributed by atoms with E-state index in [0.717, 1.165) is 18.2 Å². The topological polar surface area (TPSA) is 96.1 Å². The van der Waals surface area contributed by atoms with Crippen molar-refractivity contribution in [1.29, 1.82) is 0 Å². The average Bonchev–Trinajstić information content (AvgIpc) is 3.20. The first-order valence-electron chi connectivity index (χ1n) is 11.0. The van der Waals surface area contributed by atoms with Crippen molar-refractivity contribution < 1.29 is 32.9 Å². The van der Waals surface area contributed by atoms with E-state index in [0.29, 0.717) is 11.3 Å². The largest absolute Gasteiger partial charge is 0.485 e. The SMILES string of the molecule is Cc1nc2c(OCc3c(F)cccc3F)cccn2c1C(=O)NC(C)(CO)c1ccc(F)c(CO)c1. The highest BCUT2D eigenvalue weighted by Crippen LogP contribution is 2.27. The highest BCUT2D eigenvalue weighted by Gasteiger charge is 2.31. The molecule has 2 heterocycles. The lowest BCUT2D eigenvalue weighted by molar-refractivity contribution is 0.0842.